The molecule has 0 aliphatic carbocycles. The van der Waals surface area contributed by atoms with E-state index in [1.165, 1.54) is 25.7 Å². The molecule has 0 N–H and O–H groups in total. The summed E-state index contributed by atoms with van der Waals surface area (Å²) in [5.74, 6) is 0. The Bertz CT molecular complexity index is 116. The van der Waals surface area contributed by atoms with E-state index in [0.29, 0.717) is 0 Å². The van der Waals surface area contributed by atoms with Crippen molar-refractivity contribution in [3.8, 4) is 0 Å². The van der Waals surface area contributed by atoms with Crippen molar-refractivity contribution in [3.63, 3.8) is 0 Å². The Hall–Kier alpha value is 0.430. The van der Waals surface area contributed by atoms with Crippen LogP contribution in [-0.4, -0.2) is 24.6 Å². The van der Waals surface area contributed by atoms with Gasteiger partial charge in [-0.05, 0) is 19.3 Å². The minimum Gasteiger partial charge on any atom is -0.0654 e. The summed E-state index contributed by atoms with van der Waals surface area (Å²) in [5.41, 5.74) is 1.14. The van der Waals surface area contributed by atoms with E-state index in [2.05, 4.69) is 20.5 Å². The summed E-state index contributed by atoms with van der Waals surface area (Å²) in [4.78, 5) is 0. The van der Waals surface area contributed by atoms with Gasteiger partial charge in [0, 0.05) is 13.9 Å². The number of hydrogen-bond acceptors (Lipinski definition) is 0. The lowest BCUT2D eigenvalue weighted by Crippen LogP contribution is -2.04. The summed E-state index contributed by atoms with van der Waals surface area (Å²) in [6, 6.07) is 0. The van der Waals surface area contributed by atoms with Gasteiger partial charge in [-0.3, -0.25) is 0 Å². The Morgan fingerprint density at radius 2 is 1.91 bits per heavy atom. The lowest BCUT2D eigenvalue weighted by molar-refractivity contribution is 0.663. The summed E-state index contributed by atoms with van der Waals surface area (Å²) in [6.45, 7) is 7.26. The molecule has 0 nitrogen and oxygen atoms in total. The molecule has 0 radical (unpaired) electrons. The van der Waals surface area contributed by atoms with Gasteiger partial charge in [0.2, 0.25) is 0 Å². The van der Waals surface area contributed by atoms with Crippen LogP contribution in [-0.2, 0) is 0 Å². The molecule has 11 heavy (non-hydrogen) atoms. The highest BCUT2D eigenvalue weighted by molar-refractivity contribution is 7.82. The quantitative estimate of drug-likeness (QED) is 0.557. The fourth-order valence-electron chi connectivity index (χ4n) is 1.92. The highest BCUT2D eigenvalue weighted by Gasteiger charge is 2.51. The molecule has 1 aliphatic heterocycles. The average Bonchev–Trinajstić information content (AvgIpc) is 2.71. The van der Waals surface area contributed by atoms with Crippen molar-refractivity contribution >= 4 is 7.26 Å². The van der Waals surface area contributed by atoms with Crippen LogP contribution in [0.1, 0.15) is 39.5 Å². The van der Waals surface area contributed by atoms with Gasteiger partial charge in [0.1, 0.15) is 0 Å². The monoisotopic (exact) mass is 173 g/mol. The number of hydrogen-bond donors (Lipinski definition) is 0. The molecule has 1 saturated heterocycles. The maximum Gasteiger partial charge on any atom is 0.0930 e. The maximum absolute atomic E-state index is 2.58. The third-order valence-corrected chi connectivity index (χ3v) is 7.42. The van der Waals surface area contributed by atoms with Crippen molar-refractivity contribution in [2.45, 2.75) is 45.2 Å². The molecule has 1 rings (SSSR count). The van der Waals surface area contributed by atoms with E-state index in [9.17, 15) is 0 Å². The van der Waals surface area contributed by atoms with E-state index in [1.807, 2.05) is 0 Å². The molecule has 1 atom stereocenters. The smallest absolute Gasteiger partial charge is 0.0654 e. The topological polar surface area (TPSA) is 0 Å². The van der Waals surface area contributed by atoms with Crippen LogP contribution in [0.4, 0.5) is 0 Å². The van der Waals surface area contributed by atoms with Crippen molar-refractivity contribution in [2.24, 2.45) is 0 Å². The van der Waals surface area contributed by atoms with Crippen molar-refractivity contribution < 1.29 is 0 Å². The third-order valence-electron chi connectivity index (χ3n) is 3.17. The van der Waals surface area contributed by atoms with E-state index in [-0.39, 0.29) is 7.26 Å². The Kier molecular flexibility index (Phi) is 3.37. The predicted octanol–water partition coefficient (Wildman–Crippen LogP) is 3.62. The minimum atomic E-state index is -0.306. The maximum atomic E-state index is 2.58. The van der Waals surface area contributed by atoms with Gasteiger partial charge in [-0.2, -0.15) is 0 Å². The van der Waals surface area contributed by atoms with Crippen molar-refractivity contribution in [1.82, 2.24) is 0 Å². The lowest BCUT2D eigenvalue weighted by Gasteiger charge is -2.14. The lowest BCUT2D eigenvalue weighted by atomic mass is 10.2. The summed E-state index contributed by atoms with van der Waals surface area (Å²) in [5, 5.41) is 0. The largest absolute Gasteiger partial charge is 0.0930 e. The molecular weight excluding hydrogens is 151 g/mol. The summed E-state index contributed by atoms with van der Waals surface area (Å²) >= 11 is 0. The van der Waals surface area contributed by atoms with Crippen LogP contribution in [0.5, 0.6) is 0 Å². The second-order valence-electron chi connectivity index (χ2n) is 4.13. The fraction of sp³-hybridized carbons (Fsp3) is 1.00. The van der Waals surface area contributed by atoms with Crippen LogP contribution in [0, 0.1) is 0 Å². The Morgan fingerprint density at radius 1 is 1.27 bits per heavy atom. The summed E-state index contributed by atoms with van der Waals surface area (Å²) in [6.07, 6.45) is 9.04. The molecule has 0 spiro atoms. The molecule has 0 amide bonds. The van der Waals surface area contributed by atoms with Crippen molar-refractivity contribution in [2.75, 3.05) is 19.0 Å². The molecule has 0 aromatic heterocycles. The molecule has 0 aromatic carbocycles. The van der Waals surface area contributed by atoms with Crippen LogP contribution in [0.15, 0.2) is 0 Å². The standard InChI is InChI=1S/C10H22P/c1-4-6-7-10(5-2)11(3)8-9-11/h10H,4-9H2,1-3H3/q+1. The van der Waals surface area contributed by atoms with Crippen molar-refractivity contribution in [1.29, 1.82) is 0 Å². The molecule has 0 aromatic rings. The van der Waals surface area contributed by atoms with Gasteiger partial charge in [-0.25, -0.2) is 0 Å². The normalized spacial score (nSPS) is 23.2. The van der Waals surface area contributed by atoms with E-state index in [1.54, 1.807) is 12.3 Å². The van der Waals surface area contributed by atoms with Gasteiger partial charge in [0.15, 0.2) is 0 Å². The molecule has 66 valence electrons. The first-order valence-electron chi connectivity index (χ1n) is 5.07. The van der Waals surface area contributed by atoms with Gasteiger partial charge in [0.05, 0.1) is 18.0 Å². The van der Waals surface area contributed by atoms with Gasteiger partial charge < -0.3 is 0 Å². The van der Waals surface area contributed by atoms with Crippen LogP contribution in [0.3, 0.4) is 0 Å². The Balaban J connectivity index is 2.25. The second-order valence-corrected chi connectivity index (χ2v) is 8.71. The summed E-state index contributed by atoms with van der Waals surface area (Å²) in [7, 11) is -0.306. The van der Waals surface area contributed by atoms with Gasteiger partial charge in [-0.1, -0.05) is 20.3 Å². The molecule has 1 unspecified atom stereocenters. The van der Waals surface area contributed by atoms with E-state index >= 15 is 0 Å². The number of rotatable bonds is 5. The Labute approximate surface area is 72.1 Å². The zero-order valence-corrected chi connectivity index (χ0v) is 9.16. The minimum absolute atomic E-state index is 0.306. The number of unbranched alkanes of at least 4 members (excludes halogenated alkanes) is 1. The van der Waals surface area contributed by atoms with Gasteiger partial charge >= 0.3 is 0 Å². The van der Waals surface area contributed by atoms with Crippen LogP contribution in [0.2, 0.25) is 0 Å². The molecular formula is C10H22P+. The second kappa shape index (κ2) is 3.90. The van der Waals surface area contributed by atoms with Crippen molar-refractivity contribution in [3.05, 3.63) is 0 Å². The highest BCUT2D eigenvalue weighted by atomic mass is 31.2. The molecule has 1 heterocycles. The molecule has 1 aliphatic rings. The molecule has 1 heteroatoms. The van der Waals surface area contributed by atoms with E-state index < -0.39 is 0 Å². The first kappa shape index (κ1) is 9.52. The average molecular weight is 173 g/mol. The zero-order chi connectivity index (χ0) is 8.32. The van der Waals surface area contributed by atoms with Crippen LogP contribution in [0.25, 0.3) is 0 Å². The van der Waals surface area contributed by atoms with Gasteiger partial charge in [0.25, 0.3) is 0 Å². The zero-order valence-electron chi connectivity index (χ0n) is 8.27. The highest BCUT2D eigenvalue weighted by Crippen LogP contribution is 2.74. The van der Waals surface area contributed by atoms with E-state index in [4.69, 9.17) is 0 Å². The molecule has 0 bridgehead atoms. The first-order valence-corrected chi connectivity index (χ1v) is 7.74. The molecule has 0 saturated carbocycles. The van der Waals surface area contributed by atoms with Crippen LogP contribution >= 0.6 is 7.26 Å². The molecule has 1 fully saturated rings. The fourth-order valence-corrected chi connectivity index (χ4v) is 5.60. The third kappa shape index (κ3) is 2.44. The summed E-state index contributed by atoms with van der Waals surface area (Å²) < 4.78 is 0. The van der Waals surface area contributed by atoms with Gasteiger partial charge in [-0.15, -0.1) is 0 Å². The SMILES string of the molecule is CCCCC(CC)[P+]1(C)CC1. The van der Waals surface area contributed by atoms with E-state index in [0.717, 1.165) is 5.66 Å². The Morgan fingerprint density at radius 3 is 2.27 bits per heavy atom. The first-order chi connectivity index (χ1) is 5.23. The predicted molar refractivity (Wildman–Crippen MR) is 56.2 cm³/mol. The van der Waals surface area contributed by atoms with Crippen LogP contribution < -0.4 is 0 Å².